The number of aromatic nitrogens is 3. The van der Waals surface area contributed by atoms with Crippen LogP contribution in [0.1, 0.15) is 12.7 Å². The van der Waals surface area contributed by atoms with E-state index in [9.17, 15) is 4.79 Å². The third-order valence-electron chi connectivity index (χ3n) is 3.77. The summed E-state index contributed by atoms with van der Waals surface area (Å²) in [5.74, 6) is 0.862. The number of amides is 1. The normalized spacial score (nSPS) is 16.2. The number of fused-ring (bicyclic) bond motifs is 1. The molecule has 1 amide bonds. The van der Waals surface area contributed by atoms with Crippen molar-refractivity contribution >= 4 is 17.3 Å². The second kappa shape index (κ2) is 5.53. The Hall–Kier alpha value is -2.41. The summed E-state index contributed by atoms with van der Waals surface area (Å²) in [6.45, 7) is 4.15. The minimum absolute atomic E-state index is 0.0345. The van der Waals surface area contributed by atoms with Gasteiger partial charge in [-0.25, -0.2) is 0 Å². The standard InChI is InChI=1S/C14H18N6O/c1-10(14(21)17-12-4-2-11(15)3-5-12)19-6-7-20-9-16-18-13(20)8-19/h2-5,9-10H,6-8,15H2,1H3,(H,17,21). The number of nitrogens with zero attached hydrogens (tertiary/aromatic N) is 4. The molecule has 110 valence electrons. The van der Waals surface area contributed by atoms with Crippen LogP contribution in [0.25, 0.3) is 0 Å². The maximum absolute atomic E-state index is 12.3. The molecule has 3 rings (SSSR count). The van der Waals surface area contributed by atoms with Crippen molar-refractivity contribution in [3.8, 4) is 0 Å². The SMILES string of the molecule is CC(C(=O)Nc1ccc(N)cc1)N1CCn2cnnc2C1. The van der Waals surface area contributed by atoms with Crippen molar-refractivity contribution in [3.05, 3.63) is 36.4 Å². The third-order valence-corrected chi connectivity index (χ3v) is 3.77. The molecule has 1 atom stereocenters. The summed E-state index contributed by atoms with van der Waals surface area (Å²) in [6, 6.07) is 6.90. The van der Waals surface area contributed by atoms with Crippen LogP contribution in [0.2, 0.25) is 0 Å². The Morgan fingerprint density at radius 2 is 2.10 bits per heavy atom. The van der Waals surface area contributed by atoms with Gasteiger partial charge < -0.3 is 15.6 Å². The molecule has 7 nitrogen and oxygen atoms in total. The van der Waals surface area contributed by atoms with Crippen molar-refractivity contribution in [1.29, 1.82) is 0 Å². The molecule has 0 saturated heterocycles. The van der Waals surface area contributed by atoms with E-state index in [0.717, 1.165) is 24.6 Å². The van der Waals surface area contributed by atoms with Gasteiger partial charge in [0.15, 0.2) is 0 Å². The highest BCUT2D eigenvalue weighted by Gasteiger charge is 2.26. The molecule has 1 aliphatic rings. The van der Waals surface area contributed by atoms with E-state index in [-0.39, 0.29) is 11.9 Å². The minimum atomic E-state index is -0.229. The summed E-state index contributed by atoms with van der Waals surface area (Å²) >= 11 is 0. The number of anilines is 2. The van der Waals surface area contributed by atoms with Crippen molar-refractivity contribution in [2.75, 3.05) is 17.6 Å². The van der Waals surface area contributed by atoms with Gasteiger partial charge in [0.25, 0.3) is 0 Å². The first-order valence-electron chi connectivity index (χ1n) is 6.90. The molecular weight excluding hydrogens is 268 g/mol. The number of hydrogen-bond acceptors (Lipinski definition) is 5. The largest absolute Gasteiger partial charge is 0.399 e. The molecule has 2 heterocycles. The Labute approximate surface area is 122 Å². The summed E-state index contributed by atoms with van der Waals surface area (Å²) in [4.78, 5) is 14.4. The van der Waals surface area contributed by atoms with Gasteiger partial charge in [-0.3, -0.25) is 9.69 Å². The van der Waals surface area contributed by atoms with Gasteiger partial charge in [-0.2, -0.15) is 0 Å². The van der Waals surface area contributed by atoms with E-state index in [1.54, 1.807) is 30.6 Å². The highest BCUT2D eigenvalue weighted by Crippen LogP contribution is 2.15. The number of carbonyl (C=O) groups excluding carboxylic acids is 1. The van der Waals surface area contributed by atoms with E-state index in [2.05, 4.69) is 20.4 Å². The van der Waals surface area contributed by atoms with Crippen LogP contribution in [0, 0.1) is 0 Å². The van der Waals surface area contributed by atoms with Gasteiger partial charge in [0, 0.05) is 24.5 Å². The van der Waals surface area contributed by atoms with E-state index in [1.165, 1.54) is 0 Å². The predicted molar refractivity (Wildman–Crippen MR) is 79.4 cm³/mol. The molecule has 1 aromatic heterocycles. The second-order valence-corrected chi connectivity index (χ2v) is 5.20. The van der Waals surface area contributed by atoms with E-state index in [4.69, 9.17) is 5.73 Å². The smallest absolute Gasteiger partial charge is 0.241 e. The quantitative estimate of drug-likeness (QED) is 0.811. The van der Waals surface area contributed by atoms with E-state index >= 15 is 0 Å². The first-order chi connectivity index (χ1) is 10.1. The average molecular weight is 286 g/mol. The van der Waals surface area contributed by atoms with E-state index < -0.39 is 0 Å². The topological polar surface area (TPSA) is 89.1 Å². The Morgan fingerprint density at radius 3 is 2.86 bits per heavy atom. The fraction of sp³-hybridized carbons (Fsp3) is 0.357. The van der Waals surface area contributed by atoms with Gasteiger partial charge in [-0.05, 0) is 31.2 Å². The number of carbonyl (C=O) groups is 1. The molecule has 0 saturated carbocycles. The molecule has 0 bridgehead atoms. The summed E-state index contributed by atoms with van der Waals surface area (Å²) in [6.07, 6.45) is 1.73. The lowest BCUT2D eigenvalue weighted by Crippen LogP contribution is -2.45. The third kappa shape index (κ3) is 2.87. The zero-order valence-corrected chi connectivity index (χ0v) is 11.9. The van der Waals surface area contributed by atoms with Crippen molar-refractivity contribution in [2.45, 2.75) is 26.1 Å². The number of nitrogens with one attached hydrogen (secondary N) is 1. The predicted octanol–water partition coefficient (Wildman–Crippen LogP) is 0.703. The lowest BCUT2D eigenvalue weighted by molar-refractivity contribution is -0.121. The first kappa shape index (κ1) is 13.6. The minimum Gasteiger partial charge on any atom is -0.399 e. The van der Waals surface area contributed by atoms with Gasteiger partial charge in [-0.1, -0.05) is 0 Å². The first-order valence-corrected chi connectivity index (χ1v) is 6.90. The highest BCUT2D eigenvalue weighted by molar-refractivity contribution is 5.94. The fourth-order valence-corrected chi connectivity index (χ4v) is 2.39. The molecule has 0 spiro atoms. The number of rotatable bonds is 3. The monoisotopic (exact) mass is 286 g/mol. The van der Waals surface area contributed by atoms with Crippen LogP contribution in [0.5, 0.6) is 0 Å². The Bertz CT molecular complexity index is 635. The number of nitrogens with two attached hydrogens (primary N) is 1. The van der Waals surface area contributed by atoms with Crippen LogP contribution in [0.4, 0.5) is 11.4 Å². The van der Waals surface area contributed by atoms with Gasteiger partial charge in [0.05, 0.1) is 12.6 Å². The van der Waals surface area contributed by atoms with Gasteiger partial charge >= 0.3 is 0 Å². The van der Waals surface area contributed by atoms with E-state index in [0.29, 0.717) is 12.2 Å². The second-order valence-electron chi connectivity index (χ2n) is 5.20. The average Bonchev–Trinajstić information content (AvgIpc) is 2.96. The van der Waals surface area contributed by atoms with Crippen molar-refractivity contribution in [1.82, 2.24) is 19.7 Å². The van der Waals surface area contributed by atoms with Crippen LogP contribution >= 0.6 is 0 Å². The Kier molecular flexibility index (Phi) is 3.57. The summed E-state index contributed by atoms with van der Waals surface area (Å²) in [5, 5.41) is 10.9. The molecule has 1 aromatic carbocycles. The van der Waals surface area contributed by atoms with Crippen molar-refractivity contribution in [3.63, 3.8) is 0 Å². The number of hydrogen-bond donors (Lipinski definition) is 2. The Morgan fingerprint density at radius 1 is 1.33 bits per heavy atom. The number of nitrogen functional groups attached to an aromatic ring is 1. The van der Waals surface area contributed by atoms with Gasteiger partial charge in [-0.15, -0.1) is 10.2 Å². The van der Waals surface area contributed by atoms with Gasteiger partial charge in [0.2, 0.25) is 5.91 Å². The molecule has 0 aliphatic carbocycles. The van der Waals surface area contributed by atoms with Crippen LogP contribution < -0.4 is 11.1 Å². The zero-order valence-electron chi connectivity index (χ0n) is 11.9. The van der Waals surface area contributed by atoms with Gasteiger partial charge in [0.1, 0.15) is 12.2 Å². The molecule has 0 radical (unpaired) electrons. The van der Waals surface area contributed by atoms with Crippen molar-refractivity contribution in [2.24, 2.45) is 0 Å². The van der Waals surface area contributed by atoms with E-state index in [1.807, 2.05) is 11.5 Å². The van der Waals surface area contributed by atoms with Crippen LogP contribution in [-0.4, -0.2) is 38.2 Å². The highest BCUT2D eigenvalue weighted by atomic mass is 16.2. The van der Waals surface area contributed by atoms with Crippen LogP contribution in [0.15, 0.2) is 30.6 Å². The molecule has 1 aliphatic heterocycles. The summed E-state index contributed by atoms with van der Waals surface area (Å²) < 4.78 is 2.01. The Balaban J connectivity index is 1.64. The molecule has 1 unspecified atom stereocenters. The maximum atomic E-state index is 12.3. The fourth-order valence-electron chi connectivity index (χ4n) is 2.39. The van der Waals surface area contributed by atoms with Crippen LogP contribution in [0.3, 0.4) is 0 Å². The summed E-state index contributed by atoms with van der Waals surface area (Å²) in [7, 11) is 0. The lowest BCUT2D eigenvalue weighted by atomic mass is 10.2. The zero-order chi connectivity index (χ0) is 14.8. The van der Waals surface area contributed by atoms with Crippen LogP contribution in [-0.2, 0) is 17.9 Å². The molecule has 0 fully saturated rings. The molecular formula is C14H18N6O. The number of benzene rings is 1. The molecule has 21 heavy (non-hydrogen) atoms. The van der Waals surface area contributed by atoms with Crippen molar-refractivity contribution < 1.29 is 4.79 Å². The molecule has 7 heteroatoms. The summed E-state index contributed by atoms with van der Waals surface area (Å²) in [5.41, 5.74) is 7.06. The molecule has 3 N–H and O–H groups in total. The lowest BCUT2D eigenvalue weighted by Gasteiger charge is -2.31. The maximum Gasteiger partial charge on any atom is 0.241 e. The molecule has 2 aromatic rings.